The summed E-state index contributed by atoms with van der Waals surface area (Å²) in [4.78, 5) is 25.4. The van der Waals surface area contributed by atoms with Crippen molar-refractivity contribution in [2.75, 3.05) is 6.54 Å². The van der Waals surface area contributed by atoms with Gasteiger partial charge in [-0.3, -0.25) is 14.5 Å². The summed E-state index contributed by atoms with van der Waals surface area (Å²) in [5.41, 5.74) is 0.711. The molecule has 3 nitrogen and oxygen atoms in total. The second kappa shape index (κ2) is 6.02. The van der Waals surface area contributed by atoms with Crippen molar-refractivity contribution >= 4 is 29.0 Å². The van der Waals surface area contributed by atoms with Crippen LogP contribution in [0, 0.1) is 5.82 Å². The van der Waals surface area contributed by atoms with Crippen LogP contribution < -0.4 is 0 Å². The Hall–Kier alpha value is -1.62. The van der Waals surface area contributed by atoms with Crippen LogP contribution in [-0.4, -0.2) is 22.6 Å². The molecule has 1 heterocycles. The number of thioether (sulfide) groups is 1. The molecule has 0 atom stereocenters. The maximum Gasteiger partial charge on any atom is 0.293 e. The molecule has 0 aromatic heterocycles. The number of carbonyl (C=O) groups excluding carboxylic acids is 2. The largest absolute Gasteiger partial charge is 0.293 e. The van der Waals surface area contributed by atoms with E-state index in [2.05, 4.69) is 0 Å². The average Bonchev–Trinajstić information content (AvgIpc) is 2.65. The van der Waals surface area contributed by atoms with Gasteiger partial charge in [0.1, 0.15) is 5.82 Å². The first kappa shape index (κ1) is 13.8. The molecule has 19 heavy (non-hydrogen) atoms. The molecule has 5 heteroatoms. The number of hydrogen-bond acceptors (Lipinski definition) is 3. The van der Waals surface area contributed by atoms with Gasteiger partial charge in [0.05, 0.1) is 4.91 Å². The fraction of sp³-hybridized carbons (Fsp3) is 0.286. The molecule has 0 bridgehead atoms. The summed E-state index contributed by atoms with van der Waals surface area (Å²) >= 11 is 0.936. The second-order valence-corrected chi connectivity index (χ2v) is 5.23. The first-order valence-corrected chi connectivity index (χ1v) is 6.94. The Bertz CT molecular complexity index is 525. The molecule has 0 N–H and O–H groups in total. The van der Waals surface area contributed by atoms with Gasteiger partial charge in [-0.1, -0.05) is 25.5 Å². The number of rotatable bonds is 4. The van der Waals surface area contributed by atoms with E-state index in [0.29, 0.717) is 17.0 Å². The molecule has 1 aromatic rings. The minimum absolute atomic E-state index is 0.230. The maximum absolute atomic E-state index is 12.8. The minimum Gasteiger partial charge on any atom is -0.268 e. The van der Waals surface area contributed by atoms with Crippen molar-refractivity contribution in [3.8, 4) is 0 Å². The summed E-state index contributed by atoms with van der Waals surface area (Å²) in [6.45, 7) is 2.47. The second-order valence-electron chi connectivity index (χ2n) is 4.24. The van der Waals surface area contributed by atoms with E-state index in [1.165, 1.54) is 17.0 Å². The number of unbranched alkanes of at least 4 members (excludes halogenated alkanes) is 1. The van der Waals surface area contributed by atoms with Crippen molar-refractivity contribution < 1.29 is 14.0 Å². The van der Waals surface area contributed by atoms with Crippen LogP contribution in [0.3, 0.4) is 0 Å². The Balaban J connectivity index is 2.16. The van der Waals surface area contributed by atoms with Crippen LogP contribution in [0.5, 0.6) is 0 Å². The fourth-order valence-electron chi connectivity index (χ4n) is 1.72. The SMILES string of the molecule is CCCCN1C(=O)SC(=Cc2ccc(F)cc2)C1=O. The van der Waals surface area contributed by atoms with E-state index in [0.717, 1.165) is 24.6 Å². The molecule has 1 aliphatic heterocycles. The average molecular weight is 279 g/mol. The highest BCUT2D eigenvalue weighted by Crippen LogP contribution is 2.32. The Labute approximate surface area is 115 Å². The van der Waals surface area contributed by atoms with E-state index in [4.69, 9.17) is 0 Å². The van der Waals surface area contributed by atoms with Crippen LogP contribution in [0.4, 0.5) is 9.18 Å². The van der Waals surface area contributed by atoms with Crippen molar-refractivity contribution in [1.29, 1.82) is 0 Å². The zero-order chi connectivity index (χ0) is 13.8. The van der Waals surface area contributed by atoms with Gasteiger partial charge in [0, 0.05) is 6.54 Å². The molecule has 2 rings (SSSR count). The number of benzene rings is 1. The van der Waals surface area contributed by atoms with Gasteiger partial charge in [-0.05, 0) is 42.0 Å². The van der Waals surface area contributed by atoms with E-state index < -0.39 is 0 Å². The Morgan fingerprint density at radius 3 is 2.58 bits per heavy atom. The molecule has 0 spiro atoms. The summed E-state index contributed by atoms with van der Waals surface area (Å²) < 4.78 is 12.8. The van der Waals surface area contributed by atoms with Gasteiger partial charge in [0.2, 0.25) is 0 Å². The quantitative estimate of drug-likeness (QED) is 0.789. The van der Waals surface area contributed by atoms with Crippen molar-refractivity contribution in [1.82, 2.24) is 4.90 Å². The summed E-state index contributed by atoms with van der Waals surface area (Å²) in [6.07, 6.45) is 3.36. The lowest BCUT2D eigenvalue weighted by atomic mass is 10.2. The monoisotopic (exact) mass is 279 g/mol. The number of hydrogen-bond donors (Lipinski definition) is 0. The topological polar surface area (TPSA) is 37.4 Å². The smallest absolute Gasteiger partial charge is 0.268 e. The van der Waals surface area contributed by atoms with Gasteiger partial charge < -0.3 is 0 Å². The molecular weight excluding hydrogens is 265 g/mol. The van der Waals surface area contributed by atoms with E-state index in [-0.39, 0.29) is 17.0 Å². The Kier molecular flexibility index (Phi) is 4.37. The predicted octanol–water partition coefficient (Wildman–Crippen LogP) is 3.66. The van der Waals surface area contributed by atoms with Crippen LogP contribution in [-0.2, 0) is 4.79 Å². The third-order valence-corrected chi connectivity index (χ3v) is 3.68. The zero-order valence-corrected chi connectivity index (χ0v) is 11.4. The van der Waals surface area contributed by atoms with Gasteiger partial charge >= 0.3 is 0 Å². The van der Waals surface area contributed by atoms with Crippen LogP contribution in [0.15, 0.2) is 29.2 Å². The van der Waals surface area contributed by atoms with Gasteiger partial charge in [-0.2, -0.15) is 0 Å². The first-order valence-electron chi connectivity index (χ1n) is 6.12. The normalized spacial score (nSPS) is 17.6. The van der Waals surface area contributed by atoms with Crippen molar-refractivity contribution in [2.45, 2.75) is 19.8 Å². The molecule has 0 radical (unpaired) electrons. The molecule has 2 amide bonds. The molecule has 1 saturated heterocycles. The van der Waals surface area contributed by atoms with E-state index >= 15 is 0 Å². The van der Waals surface area contributed by atoms with Crippen molar-refractivity contribution in [3.63, 3.8) is 0 Å². The molecule has 1 aromatic carbocycles. The van der Waals surface area contributed by atoms with Gasteiger partial charge in [-0.15, -0.1) is 0 Å². The van der Waals surface area contributed by atoms with Crippen molar-refractivity contribution in [2.24, 2.45) is 0 Å². The Morgan fingerprint density at radius 2 is 1.95 bits per heavy atom. The first-order chi connectivity index (χ1) is 9.11. The highest BCUT2D eigenvalue weighted by Gasteiger charge is 2.34. The highest BCUT2D eigenvalue weighted by atomic mass is 32.2. The Morgan fingerprint density at radius 1 is 1.26 bits per heavy atom. The molecule has 0 unspecified atom stereocenters. The van der Waals surface area contributed by atoms with E-state index in [1.807, 2.05) is 6.92 Å². The summed E-state index contributed by atoms with van der Waals surface area (Å²) in [5, 5.41) is -0.230. The number of imide groups is 1. The fourth-order valence-corrected chi connectivity index (χ4v) is 2.58. The third-order valence-electron chi connectivity index (χ3n) is 2.78. The van der Waals surface area contributed by atoms with Gasteiger partial charge in [0.25, 0.3) is 11.1 Å². The lowest BCUT2D eigenvalue weighted by Gasteiger charge is -2.10. The predicted molar refractivity (Wildman–Crippen MR) is 74.0 cm³/mol. The summed E-state index contributed by atoms with van der Waals surface area (Å²) in [6, 6.07) is 5.81. The van der Waals surface area contributed by atoms with Crippen LogP contribution >= 0.6 is 11.8 Å². The molecule has 1 fully saturated rings. The number of halogens is 1. The summed E-state index contributed by atoms with van der Waals surface area (Å²) in [5.74, 6) is -0.582. The minimum atomic E-state index is -0.326. The summed E-state index contributed by atoms with van der Waals surface area (Å²) in [7, 11) is 0. The standard InChI is InChI=1S/C14H14FNO2S/c1-2-3-8-16-13(17)12(19-14(16)18)9-10-4-6-11(15)7-5-10/h4-7,9H,2-3,8H2,1H3. The van der Waals surface area contributed by atoms with Crippen LogP contribution in [0.25, 0.3) is 6.08 Å². The molecule has 1 aliphatic rings. The molecule has 0 saturated carbocycles. The van der Waals surface area contributed by atoms with Gasteiger partial charge in [0.15, 0.2) is 0 Å². The maximum atomic E-state index is 12.8. The van der Waals surface area contributed by atoms with Gasteiger partial charge in [-0.25, -0.2) is 4.39 Å². The molecule has 100 valence electrons. The number of nitrogens with zero attached hydrogens (tertiary/aromatic N) is 1. The molecular formula is C14H14FNO2S. The van der Waals surface area contributed by atoms with E-state index in [1.54, 1.807) is 18.2 Å². The lowest BCUT2D eigenvalue weighted by molar-refractivity contribution is -0.122. The zero-order valence-electron chi connectivity index (χ0n) is 10.6. The number of amides is 2. The molecule has 0 aliphatic carbocycles. The van der Waals surface area contributed by atoms with Crippen molar-refractivity contribution in [3.05, 3.63) is 40.6 Å². The number of carbonyl (C=O) groups is 2. The van der Waals surface area contributed by atoms with E-state index in [9.17, 15) is 14.0 Å². The third kappa shape index (κ3) is 3.23. The van der Waals surface area contributed by atoms with Crippen LogP contribution in [0.2, 0.25) is 0 Å². The highest BCUT2D eigenvalue weighted by molar-refractivity contribution is 8.18. The van der Waals surface area contributed by atoms with Crippen LogP contribution in [0.1, 0.15) is 25.3 Å². The lowest BCUT2D eigenvalue weighted by Crippen LogP contribution is -2.29.